The highest BCUT2D eigenvalue weighted by atomic mass is 35.5. The molecule has 2 heterocycles. The lowest BCUT2D eigenvalue weighted by Gasteiger charge is -2.31. The number of benzene rings is 2. The Hall–Kier alpha value is -2.11. The van der Waals surface area contributed by atoms with Gasteiger partial charge in [-0.15, -0.1) is 0 Å². The van der Waals surface area contributed by atoms with Crippen LogP contribution in [0.2, 0.25) is 5.02 Å². The summed E-state index contributed by atoms with van der Waals surface area (Å²) in [5.74, 6) is 0.186. The molecule has 0 radical (unpaired) electrons. The second-order valence-electron chi connectivity index (χ2n) is 6.93. The Kier molecular flexibility index (Phi) is 5.32. The molecule has 0 atom stereocenters. The molecule has 1 aromatic heterocycles. The van der Waals surface area contributed by atoms with E-state index in [-0.39, 0.29) is 12.0 Å². The van der Waals surface area contributed by atoms with Crippen LogP contribution in [-0.4, -0.2) is 35.0 Å². The van der Waals surface area contributed by atoms with Crippen LogP contribution in [0.4, 0.5) is 0 Å². The van der Waals surface area contributed by atoms with Crippen LogP contribution in [0, 0.1) is 6.92 Å². The third-order valence-corrected chi connectivity index (χ3v) is 6.07. The molecule has 0 bridgehead atoms. The van der Waals surface area contributed by atoms with Crippen LogP contribution < -0.4 is 4.74 Å². The largest absolute Gasteiger partial charge is 0.467 e. The van der Waals surface area contributed by atoms with Crippen LogP contribution in [0.5, 0.6) is 5.19 Å². The summed E-state index contributed by atoms with van der Waals surface area (Å²) in [5.41, 5.74) is 3.05. The average Bonchev–Trinajstić information content (AvgIpc) is 3.06. The Morgan fingerprint density at radius 3 is 2.78 bits per heavy atom. The molecule has 3 aromatic rings. The SMILES string of the molecule is Cc1cccc(CC(=O)N2CCC(Oc3nc4c(Cl)cccc4s3)CC2)c1. The fourth-order valence-corrected chi connectivity index (χ4v) is 4.60. The van der Waals surface area contributed by atoms with Crippen LogP contribution in [0.25, 0.3) is 10.2 Å². The molecule has 1 aliphatic rings. The number of aryl methyl sites for hydroxylation is 1. The first-order valence-electron chi connectivity index (χ1n) is 9.13. The minimum atomic E-state index is 0.0901. The van der Waals surface area contributed by atoms with Gasteiger partial charge in [0.2, 0.25) is 5.91 Å². The van der Waals surface area contributed by atoms with Gasteiger partial charge in [0.15, 0.2) is 0 Å². The van der Waals surface area contributed by atoms with E-state index in [1.807, 2.05) is 48.2 Å². The molecule has 1 saturated heterocycles. The van der Waals surface area contributed by atoms with Crippen molar-refractivity contribution in [1.82, 2.24) is 9.88 Å². The van der Waals surface area contributed by atoms with Crippen molar-refractivity contribution in [3.63, 3.8) is 0 Å². The van der Waals surface area contributed by atoms with Crippen molar-refractivity contribution < 1.29 is 9.53 Å². The van der Waals surface area contributed by atoms with Gasteiger partial charge in [0.25, 0.3) is 5.19 Å². The number of thiazole rings is 1. The number of aromatic nitrogens is 1. The zero-order chi connectivity index (χ0) is 18.8. The van der Waals surface area contributed by atoms with Gasteiger partial charge in [0.05, 0.1) is 16.1 Å². The lowest BCUT2D eigenvalue weighted by Crippen LogP contribution is -2.42. The minimum Gasteiger partial charge on any atom is -0.467 e. The molecule has 27 heavy (non-hydrogen) atoms. The first-order valence-corrected chi connectivity index (χ1v) is 10.3. The minimum absolute atomic E-state index is 0.0901. The van der Waals surface area contributed by atoms with E-state index in [0.717, 1.165) is 41.7 Å². The second-order valence-corrected chi connectivity index (χ2v) is 8.33. The number of ether oxygens (including phenoxy) is 1. The van der Waals surface area contributed by atoms with E-state index in [0.29, 0.717) is 16.6 Å². The molecular weight excluding hydrogens is 380 g/mol. The standard InChI is InChI=1S/C21H21ClN2O2S/c1-14-4-2-5-15(12-14)13-19(25)24-10-8-16(9-11-24)26-21-23-20-17(22)6-3-7-18(20)27-21/h2-7,12,16H,8-11,13H2,1H3. The Bertz CT molecular complexity index is 964. The summed E-state index contributed by atoms with van der Waals surface area (Å²) in [6, 6.07) is 13.9. The highest BCUT2D eigenvalue weighted by molar-refractivity contribution is 7.20. The normalized spacial score (nSPS) is 15.3. The predicted molar refractivity (Wildman–Crippen MR) is 110 cm³/mol. The van der Waals surface area contributed by atoms with Gasteiger partial charge in [-0.1, -0.05) is 58.8 Å². The topological polar surface area (TPSA) is 42.4 Å². The maximum Gasteiger partial charge on any atom is 0.274 e. The number of amides is 1. The monoisotopic (exact) mass is 400 g/mol. The summed E-state index contributed by atoms with van der Waals surface area (Å²) in [6.45, 7) is 3.49. The summed E-state index contributed by atoms with van der Waals surface area (Å²) in [4.78, 5) is 19.0. The second kappa shape index (κ2) is 7.87. The van der Waals surface area contributed by atoms with Crippen LogP contribution in [0.1, 0.15) is 24.0 Å². The maximum absolute atomic E-state index is 12.6. The zero-order valence-electron chi connectivity index (χ0n) is 15.2. The number of halogens is 1. The number of para-hydroxylation sites is 1. The number of fused-ring (bicyclic) bond motifs is 1. The first kappa shape index (κ1) is 18.3. The molecular formula is C21H21ClN2O2S. The maximum atomic E-state index is 12.6. The average molecular weight is 401 g/mol. The molecule has 4 rings (SSSR count). The van der Waals surface area contributed by atoms with Crippen LogP contribution in [0.3, 0.4) is 0 Å². The van der Waals surface area contributed by atoms with E-state index in [2.05, 4.69) is 11.1 Å². The van der Waals surface area contributed by atoms with E-state index in [1.54, 1.807) is 0 Å². The van der Waals surface area contributed by atoms with Gasteiger partial charge >= 0.3 is 0 Å². The van der Waals surface area contributed by atoms with Crippen LogP contribution in [-0.2, 0) is 11.2 Å². The smallest absolute Gasteiger partial charge is 0.274 e. The number of hydrogen-bond acceptors (Lipinski definition) is 4. The van der Waals surface area contributed by atoms with Gasteiger partial charge in [0.1, 0.15) is 11.6 Å². The molecule has 140 valence electrons. The molecule has 1 aliphatic heterocycles. The molecule has 6 heteroatoms. The number of likely N-dealkylation sites (tertiary alicyclic amines) is 1. The van der Waals surface area contributed by atoms with Crippen molar-refractivity contribution in [2.24, 2.45) is 0 Å². The van der Waals surface area contributed by atoms with Crippen LogP contribution in [0.15, 0.2) is 42.5 Å². The van der Waals surface area contributed by atoms with Crippen molar-refractivity contribution >= 4 is 39.1 Å². The highest BCUT2D eigenvalue weighted by Gasteiger charge is 2.25. The van der Waals surface area contributed by atoms with Gasteiger partial charge in [-0.2, -0.15) is 0 Å². The van der Waals surface area contributed by atoms with Crippen molar-refractivity contribution in [2.75, 3.05) is 13.1 Å². The Labute approximate surface area is 167 Å². The van der Waals surface area contributed by atoms with Crippen molar-refractivity contribution in [1.29, 1.82) is 0 Å². The Morgan fingerprint density at radius 2 is 2.04 bits per heavy atom. The van der Waals surface area contributed by atoms with Gasteiger partial charge in [-0.05, 0) is 24.6 Å². The number of piperidine rings is 1. The highest BCUT2D eigenvalue weighted by Crippen LogP contribution is 2.33. The molecule has 4 nitrogen and oxygen atoms in total. The summed E-state index contributed by atoms with van der Waals surface area (Å²) in [6.07, 6.45) is 2.20. The molecule has 0 spiro atoms. The molecule has 0 N–H and O–H groups in total. The van der Waals surface area contributed by atoms with E-state index in [9.17, 15) is 4.79 Å². The lowest BCUT2D eigenvalue weighted by atomic mass is 10.0. The number of carbonyl (C=O) groups is 1. The molecule has 0 saturated carbocycles. The predicted octanol–water partition coefficient (Wildman–Crippen LogP) is 4.87. The molecule has 0 unspecified atom stereocenters. The summed E-state index contributed by atoms with van der Waals surface area (Å²) in [7, 11) is 0. The van der Waals surface area contributed by atoms with Gasteiger partial charge in [-0.25, -0.2) is 4.98 Å². The Morgan fingerprint density at radius 1 is 1.26 bits per heavy atom. The summed E-state index contributed by atoms with van der Waals surface area (Å²) >= 11 is 7.70. The zero-order valence-corrected chi connectivity index (χ0v) is 16.7. The molecule has 0 aliphatic carbocycles. The number of nitrogens with zero attached hydrogens (tertiary/aromatic N) is 2. The van der Waals surface area contributed by atoms with Crippen molar-refractivity contribution in [3.05, 3.63) is 58.6 Å². The number of hydrogen-bond donors (Lipinski definition) is 0. The molecule has 1 amide bonds. The van der Waals surface area contributed by atoms with Crippen molar-refractivity contribution in [3.8, 4) is 5.19 Å². The van der Waals surface area contributed by atoms with E-state index < -0.39 is 0 Å². The number of rotatable bonds is 4. The van der Waals surface area contributed by atoms with Gasteiger partial charge in [-0.3, -0.25) is 4.79 Å². The fourth-order valence-electron chi connectivity index (χ4n) is 3.42. The fraction of sp³-hybridized carbons (Fsp3) is 0.333. The van der Waals surface area contributed by atoms with E-state index >= 15 is 0 Å². The first-order chi connectivity index (χ1) is 13.1. The quantitative estimate of drug-likeness (QED) is 0.627. The summed E-state index contributed by atoms with van der Waals surface area (Å²) in [5, 5.41) is 1.30. The van der Waals surface area contributed by atoms with Gasteiger partial charge < -0.3 is 9.64 Å². The van der Waals surface area contributed by atoms with E-state index in [4.69, 9.17) is 16.3 Å². The molecule has 2 aromatic carbocycles. The summed E-state index contributed by atoms with van der Waals surface area (Å²) < 4.78 is 7.10. The lowest BCUT2D eigenvalue weighted by molar-refractivity contribution is -0.132. The van der Waals surface area contributed by atoms with Crippen LogP contribution >= 0.6 is 22.9 Å². The van der Waals surface area contributed by atoms with Gasteiger partial charge in [0, 0.05) is 25.9 Å². The van der Waals surface area contributed by atoms with Crippen molar-refractivity contribution in [2.45, 2.75) is 32.3 Å². The Balaban J connectivity index is 1.33. The third-order valence-electron chi connectivity index (χ3n) is 4.85. The third kappa shape index (κ3) is 4.25. The molecule has 1 fully saturated rings. The van der Waals surface area contributed by atoms with E-state index in [1.165, 1.54) is 16.9 Å². The number of carbonyl (C=O) groups excluding carboxylic acids is 1.